The van der Waals surface area contributed by atoms with Gasteiger partial charge in [0.05, 0.1) is 28.6 Å². The molecule has 0 amide bonds. The van der Waals surface area contributed by atoms with Gasteiger partial charge in [0.25, 0.3) is 5.69 Å². The van der Waals surface area contributed by atoms with Crippen LogP contribution in [0.5, 0.6) is 0 Å². The minimum absolute atomic E-state index is 0.00587. The van der Waals surface area contributed by atoms with Gasteiger partial charge in [0.2, 0.25) is 0 Å². The summed E-state index contributed by atoms with van der Waals surface area (Å²) >= 11 is 1.52. The molecule has 0 saturated carbocycles. The number of nitro groups is 1. The predicted octanol–water partition coefficient (Wildman–Crippen LogP) is 2.93. The number of hydrogen-bond acceptors (Lipinski definition) is 9. The first-order valence-corrected chi connectivity index (χ1v) is 11.0. The van der Waals surface area contributed by atoms with E-state index in [0.29, 0.717) is 17.1 Å². The lowest BCUT2D eigenvalue weighted by molar-refractivity contribution is -0.385. The van der Waals surface area contributed by atoms with Gasteiger partial charge < -0.3 is 19.5 Å². The topological polar surface area (TPSA) is 117 Å². The Morgan fingerprint density at radius 3 is 2.19 bits per heavy atom. The van der Waals surface area contributed by atoms with Crippen molar-refractivity contribution in [3.8, 4) is 0 Å². The molecule has 31 heavy (non-hydrogen) atoms. The van der Waals surface area contributed by atoms with Crippen LogP contribution >= 0.6 is 11.8 Å². The quantitative estimate of drug-likeness (QED) is 0.248. The minimum atomic E-state index is -1.01. The van der Waals surface area contributed by atoms with Gasteiger partial charge in [0.15, 0.2) is 0 Å². The highest BCUT2D eigenvalue weighted by atomic mass is 32.2. The standard InChI is InChI=1S/C21H26N2O7S/c1-13-17(20(24)29-10-9-28-3)19(15-7-5-6-8-16(15)23(26)27)18(14(2)22-13)21(25)30-11-12-31-4/h5-8,19,22H,9-12H2,1-4H3/t19-/m0/s1. The summed E-state index contributed by atoms with van der Waals surface area (Å²) in [5, 5.41) is 14.7. The first-order chi connectivity index (χ1) is 14.8. The molecule has 1 N–H and O–H groups in total. The molecule has 1 aromatic carbocycles. The molecule has 1 atom stereocenters. The number of methoxy groups -OCH3 is 1. The van der Waals surface area contributed by atoms with Gasteiger partial charge >= 0.3 is 11.9 Å². The fourth-order valence-corrected chi connectivity index (χ4v) is 3.58. The SMILES string of the molecule is COCCOC(=O)C1=C(C)NC(C)=C(C(=O)OCCSC)[C@H]1c1ccccc1[N+](=O)[O-]. The minimum Gasteiger partial charge on any atom is -0.461 e. The number of carbonyl (C=O) groups excluding carboxylic acids is 2. The molecule has 0 aromatic heterocycles. The second-order valence-electron chi connectivity index (χ2n) is 6.71. The Kier molecular flexibility index (Phi) is 9.07. The number of hydrogen-bond donors (Lipinski definition) is 1. The molecule has 1 aromatic rings. The fraction of sp³-hybridized carbons (Fsp3) is 0.429. The Bertz CT molecular complexity index is 867. The van der Waals surface area contributed by atoms with Crippen molar-refractivity contribution in [2.24, 2.45) is 0 Å². The van der Waals surface area contributed by atoms with E-state index in [4.69, 9.17) is 14.2 Å². The molecule has 2 rings (SSSR count). The Morgan fingerprint density at radius 1 is 1.06 bits per heavy atom. The first-order valence-electron chi connectivity index (χ1n) is 9.57. The summed E-state index contributed by atoms with van der Waals surface area (Å²) in [6.45, 7) is 3.71. The lowest BCUT2D eigenvalue weighted by atomic mass is 9.79. The summed E-state index contributed by atoms with van der Waals surface area (Å²) in [4.78, 5) is 37.1. The average Bonchev–Trinajstić information content (AvgIpc) is 2.73. The number of dihydropyridines is 1. The van der Waals surface area contributed by atoms with Gasteiger partial charge in [0.1, 0.15) is 13.2 Å². The van der Waals surface area contributed by atoms with Crippen molar-refractivity contribution in [1.29, 1.82) is 0 Å². The van der Waals surface area contributed by atoms with Gasteiger partial charge in [-0.3, -0.25) is 10.1 Å². The molecule has 0 saturated heterocycles. The number of nitro benzene ring substituents is 1. The number of thioether (sulfide) groups is 1. The molecule has 9 nitrogen and oxygen atoms in total. The summed E-state index contributed by atoms with van der Waals surface area (Å²) < 4.78 is 15.6. The van der Waals surface area contributed by atoms with Crippen LogP contribution in [0.2, 0.25) is 0 Å². The van der Waals surface area contributed by atoms with Crippen molar-refractivity contribution in [2.45, 2.75) is 19.8 Å². The number of allylic oxidation sites excluding steroid dienone is 2. The third-order valence-electron chi connectivity index (χ3n) is 4.69. The summed E-state index contributed by atoms with van der Waals surface area (Å²) in [6.07, 6.45) is 1.89. The molecule has 1 heterocycles. The second kappa shape index (κ2) is 11.5. The van der Waals surface area contributed by atoms with Crippen molar-refractivity contribution in [3.63, 3.8) is 0 Å². The molecular formula is C21H26N2O7S. The van der Waals surface area contributed by atoms with E-state index in [0.717, 1.165) is 0 Å². The van der Waals surface area contributed by atoms with Crippen LogP contribution in [0.1, 0.15) is 25.3 Å². The Hall–Kier alpha value is -2.85. The summed E-state index contributed by atoms with van der Waals surface area (Å²) in [5.41, 5.74) is 1.18. The Labute approximate surface area is 185 Å². The highest BCUT2D eigenvalue weighted by molar-refractivity contribution is 7.98. The van der Waals surface area contributed by atoms with Gasteiger partial charge in [0, 0.05) is 35.9 Å². The monoisotopic (exact) mass is 450 g/mol. The molecule has 0 radical (unpaired) electrons. The second-order valence-corrected chi connectivity index (χ2v) is 7.69. The van der Waals surface area contributed by atoms with Crippen molar-refractivity contribution in [2.75, 3.05) is 38.9 Å². The zero-order valence-electron chi connectivity index (χ0n) is 17.9. The van der Waals surface area contributed by atoms with Gasteiger partial charge in [-0.2, -0.15) is 11.8 Å². The molecule has 0 aliphatic carbocycles. The predicted molar refractivity (Wildman–Crippen MR) is 117 cm³/mol. The molecule has 0 spiro atoms. The zero-order chi connectivity index (χ0) is 23.0. The molecule has 10 heteroatoms. The van der Waals surface area contributed by atoms with E-state index in [2.05, 4.69) is 5.32 Å². The molecular weight excluding hydrogens is 424 g/mol. The van der Waals surface area contributed by atoms with Crippen LogP contribution in [0.3, 0.4) is 0 Å². The third-order valence-corrected chi connectivity index (χ3v) is 5.26. The van der Waals surface area contributed by atoms with Gasteiger partial charge in [-0.15, -0.1) is 0 Å². The Balaban J connectivity index is 2.59. The maximum Gasteiger partial charge on any atom is 0.336 e. The maximum absolute atomic E-state index is 13.0. The van der Waals surface area contributed by atoms with Crippen LogP contribution in [-0.4, -0.2) is 55.8 Å². The lowest BCUT2D eigenvalue weighted by Gasteiger charge is -2.30. The van der Waals surface area contributed by atoms with Crippen molar-refractivity contribution < 1.29 is 28.7 Å². The third kappa shape index (κ3) is 5.86. The van der Waals surface area contributed by atoms with E-state index in [9.17, 15) is 19.7 Å². The van der Waals surface area contributed by atoms with Gasteiger partial charge in [-0.05, 0) is 20.1 Å². The van der Waals surface area contributed by atoms with Crippen molar-refractivity contribution in [3.05, 3.63) is 62.5 Å². The molecule has 1 aliphatic rings. The number of nitrogens with one attached hydrogen (secondary N) is 1. The Morgan fingerprint density at radius 2 is 1.65 bits per heavy atom. The number of benzene rings is 1. The van der Waals surface area contributed by atoms with Crippen LogP contribution in [0.25, 0.3) is 0 Å². The average molecular weight is 451 g/mol. The van der Waals surface area contributed by atoms with E-state index in [-0.39, 0.29) is 42.2 Å². The van der Waals surface area contributed by atoms with Crippen molar-refractivity contribution >= 4 is 29.4 Å². The van der Waals surface area contributed by atoms with Crippen LogP contribution in [0, 0.1) is 10.1 Å². The molecule has 0 fully saturated rings. The molecule has 0 unspecified atom stereocenters. The number of nitrogens with zero attached hydrogens (tertiary/aromatic N) is 1. The van der Waals surface area contributed by atoms with Crippen LogP contribution in [0.15, 0.2) is 46.8 Å². The van der Waals surface area contributed by atoms with Gasteiger partial charge in [-0.25, -0.2) is 9.59 Å². The van der Waals surface area contributed by atoms with Gasteiger partial charge in [-0.1, -0.05) is 18.2 Å². The van der Waals surface area contributed by atoms with Crippen LogP contribution in [-0.2, 0) is 23.8 Å². The number of rotatable bonds is 10. The van der Waals surface area contributed by atoms with E-state index in [1.54, 1.807) is 19.9 Å². The number of para-hydroxylation sites is 1. The van der Waals surface area contributed by atoms with E-state index in [1.165, 1.54) is 37.1 Å². The smallest absolute Gasteiger partial charge is 0.336 e. The number of carbonyl (C=O) groups is 2. The summed E-state index contributed by atoms with van der Waals surface area (Å²) in [6, 6.07) is 6.03. The molecule has 1 aliphatic heterocycles. The van der Waals surface area contributed by atoms with Crippen LogP contribution < -0.4 is 5.32 Å². The summed E-state index contributed by atoms with van der Waals surface area (Å²) in [7, 11) is 1.48. The van der Waals surface area contributed by atoms with E-state index >= 15 is 0 Å². The normalized spacial score (nSPS) is 16.1. The van der Waals surface area contributed by atoms with E-state index < -0.39 is 22.8 Å². The summed E-state index contributed by atoms with van der Waals surface area (Å²) in [5.74, 6) is -1.74. The van der Waals surface area contributed by atoms with E-state index in [1.807, 2.05) is 6.26 Å². The van der Waals surface area contributed by atoms with Crippen molar-refractivity contribution in [1.82, 2.24) is 5.32 Å². The highest BCUT2D eigenvalue weighted by Crippen LogP contribution is 2.42. The molecule has 0 bridgehead atoms. The maximum atomic E-state index is 13.0. The first kappa shape index (κ1) is 24.4. The number of ether oxygens (including phenoxy) is 3. The molecule has 168 valence electrons. The fourth-order valence-electron chi connectivity index (χ4n) is 3.33. The largest absolute Gasteiger partial charge is 0.461 e. The number of esters is 2. The van der Waals surface area contributed by atoms with Crippen LogP contribution in [0.4, 0.5) is 5.69 Å². The zero-order valence-corrected chi connectivity index (χ0v) is 18.7. The lowest BCUT2D eigenvalue weighted by Crippen LogP contribution is -2.33. The highest BCUT2D eigenvalue weighted by Gasteiger charge is 2.40.